The Morgan fingerprint density at radius 3 is 2.25 bits per heavy atom. The molecule has 0 saturated carbocycles. The Bertz CT molecular complexity index is 41.2. The Labute approximate surface area is 35.7 Å². The van der Waals surface area contributed by atoms with Crippen LogP contribution in [-0.2, 0) is 17.9 Å². The second kappa shape index (κ2) is 3.27. The van der Waals surface area contributed by atoms with E-state index in [0.717, 1.165) is 17.9 Å². The summed E-state index contributed by atoms with van der Waals surface area (Å²) < 4.78 is 2.93. The van der Waals surface area contributed by atoms with Crippen LogP contribution in [0, 0.1) is 0 Å². The van der Waals surface area contributed by atoms with Gasteiger partial charge in [-0.3, -0.25) is 0 Å². The van der Waals surface area contributed by atoms with Crippen molar-refractivity contribution in [2.45, 2.75) is 6.92 Å². The zero-order valence-electron chi connectivity index (χ0n) is 2.78. The SMILES string of the molecule is CC=[C]=[Zn]. The van der Waals surface area contributed by atoms with Crippen molar-refractivity contribution in [2.75, 3.05) is 0 Å². The third kappa shape index (κ3) is 2.27. The van der Waals surface area contributed by atoms with Gasteiger partial charge in [-0.15, -0.1) is 0 Å². The molecule has 4 heavy (non-hydrogen) atoms. The van der Waals surface area contributed by atoms with Crippen molar-refractivity contribution >= 4 is 4.26 Å². The van der Waals surface area contributed by atoms with Crippen LogP contribution in [0.5, 0.6) is 0 Å². The molecule has 0 unspecified atom stereocenters. The number of hydrogen-bond donors (Lipinski definition) is 0. The second-order valence-electron chi connectivity index (χ2n) is 0.493. The zero-order chi connectivity index (χ0) is 3.41. The van der Waals surface area contributed by atoms with Crippen molar-refractivity contribution in [3.63, 3.8) is 0 Å². The first-order valence-corrected chi connectivity index (χ1v) is 2.70. The van der Waals surface area contributed by atoms with Gasteiger partial charge in [-0.2, -0.15) is 0 Å². The Kier molecular flexibility index (Phi) is 3.50. The molecule has 0 aliphatic carbocycles. The monoisotopic (exact) mass is 104 g/mol. The normalized spacial score (nSPS) is 4.75. The van der Waals surface area contributed by atoms with Crippen molar-refractivity contribution < 1.29 is 17.9 Å². The zero-order valence-corrected chi connectivity index (χ0v) is 5.75. The first-order chi connectivity index (χ1) is 1.91. The van der Waals surface area contributed by atoms with E-state index in [9.17, 15) is 0 Å². The summed E-state index contributed by atoms with van der Waals surface area (Å²) in [5, 5.41) is 0. The molecular weight excluding hydrogens is 101 g/mol. The number of rotatable bonds is 0. The van der Waals surface area contributed by atoms with Gasteiger partial charge < -0.3 is 0 Å². The summed E-state index contributed by atoms with van der Waals surface area (Å²) in [6.07, 6.45) is 1.93. The molecule has 0 nitrogen and oxygen atoms in total. The fraction of sp³-hybridized carbons (Fsp3) is 0.333. The first-order valence-electron chi connectivity index (χ1n) is 1.22. The molecular formula is C3H4Zn. The molecule has 0 amide bonds. The van der Waals surface area contributed by atoms with Gasteiger partial charge in [0.25, 0.3) is 0 Å². The molecule has 0 heterocycles. The summed E-state index contributed by atoms with van der Waals surface area (Å²) in [5.74, 6) is 0. The Morgan fingerprint density at radius 1 is 2.00 bits per heavy atom. The van der Waals surface area contributed by atoms with E-state index in [0.29, 0.717) is 0 Å². The van der Waals surface area contributed by atoms with Crippen LogP contribution >= 0.6 is 0 Å². The molecule has 0 aromatic carbocycles. The molecule has 0 aromatic rings. The molecule has 0 fully saturated rings. The summed E-state index contributed by atoms with van der Waals surface area (Å²) in [7, 11) is 0. The summed E-state index contributed by atoms with van der Waals surface area (Å²) >= 11 is 1.16. The summed E-state index contributed by atoms with van der Waals surface area (Å²) in [6, 6.07) is 0. The van der Waals surface area contributed by atoms with Gasteiger partial charge >= 0.3 is 35.1 Å². The van der Waals surface area contributed by atoms with E-state index in [4.69, 9.17) is 0 Å². The van der Waals surface area contributed by atoms with Gasteiger partial charge in [-0.25, -0.2) is 0 Å². The quantitative estimate of drug-likeness (QED) is 0.394. The summed E-state index contributed by atoms with van der Waals surface area (Å²) in [6.45, 7) is 1.98. The molecule has 18 valence electrons. The number of allylic oxidation sites excluding steroid dienone is 1. The summed E-state index contributed by atoms with van der Waals surface area (Å²) in [4.78, 5) is 0. The van der Waals surface area contributed by atoms with Gasteiger partial charge in [0.15, 0.2) is 0 Å². The van der Waals surface area contributed by atoms with Gasteiger partial charge in [-0.05, 0) is 0 Å². The van der Waals surface area contributed by atoms with Crippen molar-refractivity contribution in [3.05, 3.63) is 6.08 Å². The summed E-state index contributed by atoms with van der Waals surface area (Å²) in [5.41, 5.74) is 0. The van der Waals surface area contributed by atoms with Gasteiger partial charge in [-0.1, -0.05) is 0 Å². The van der Waals surface area contributed by atoms with Crippen molar-refractivity contribution in [1.29, 1.82) is 0 Å². The molecule has 0 bridgehead atoms. The van der Waals surface area contributed by atoms with E-state index in [1.54, 1.807) is 0 Å². The van der Waals surface area contributed by atoms with Gasteiger partial charge in [0.05, 0.1) is 0 Å². The topological polar surface area (TPSA) is 0 Å². The van der Waals surface area contributed by atoms with Crippen LogP contribution in [0.2, 0.25) is 0 Å². The average Bonchev–Trinajstić information content (AvgIpc) is 1.37. The van der Waals surface area contributed by atoms with Crippen molar-refractivity contribution in [3.8, 4) is 0 Å². The molecule has 1 heteroatoms. The molecule has 0 saturated heterocycles. The van der Waals surface area contributed by atoms with Crippen LogP contribution in [-0.4, -0.2) is 4.26 Å². The van der Waals surface area contributed by atoms with Crippen molar-refractivity contribution in [2.24, 2.45) is 0 Å². The third-order valence-electron chi connectivity index (χ3n) is 0.204. The van der Waals surface area contributed by atoms with Crippen LogP contribution in [0.4, 0.5) is 0 Å². The number of hydrogen-bond acceptors (Lipinski definition) is 0. The van der Waals surface area contributed by atoms with Gasteiger partial charge in [0.2, 0.25) is 0 Å². The van der Waals surface area contributed by atoms with Crippen LogP contribution in [0.3, 0.4) is 0 Å². The fourth-order valence-electron chi connectivity index (χ4n) is 0. The van der Waals surface area contributed by atoms with E-state index in [2.05, 4.69) is 4.26 Å². The molecule has 0 atom stereocenters. The maximum atomic E-state index is 2.93. The van der Waals surface area contributed by atoms with Crippen LogP contribution in [0.15, 0.2) is 6.08 Å². The van der Waals surface area contributed by atoms with Gasteiger partial charge in [0.1, 0.15) is 0 Å². The molecule has 0 radical (unpaired) electrons. The second-order valence-corrected chi connectivity index (χ2v) is 1.35. The van der Waals surface area contributed by atoms with Gasteiger partial charge in [0, 0.05) is 0 Å². The Morgan fingerprint density at radius 2 is 2.25 bits per heavy atom. The maximum absolute atomic E-state index is 2.93. The van der Waals surface area contributed by atoms with Crippen LogP contribution in [0.25, 0.3) is 0 Å². The predicted molar refractivity (Wildman–Crippen MR) is 15.3 cm³/mol. The van der Waals surface area contributed by atoms with E-state index in [1.165, 1.54) is 0 Å². The van der Waals surface area contributed by atoms with Crippen LogP contribution in [0.1, 0.15) is 6.92 Å². The third-order valence-corrected chi connectivity index (χ3v) is 1.06. The standard InChI is InChI=1S/C3H4.Zn/c1-3-2;/h3H,1H3;. The Hall–Kier alpha value is 0.273. The fourth-order valence-corrected chi connectivity index (χ4v) is 0. The molecule has 0 N–H and O–H groups in total. The molecule has 0 aliphatic rings. The molecule has 0 aromatic heterocycles. The predicted octanol–water partition coefficient (Wildman–Crippen LogP) is 0.510. The van der Waals surface area contributed by atoms with E-state index in [1.807, 2.05) is 13.0 Å². The average molecular weight is 105 g/mol. The van der Waals surface area contributed by atoms with Crippen molar-refractivity contribution in [1.82, 2.24) is 0 Å². The first kappa shape index (κ1) is 4.27. The Balaban J connectivity index is 3.11. The van der Waals surface area contributed by atoms with E-state index < -0.39 is 0 Å². The minimum absolute atomic E-state index is 1.16. The molecule has 0 spiro atoms. The molecule has 0 aliphatic heterocycles. The molecule has 0 rings (SSSR count). The minimum atomic E-state index is 1.16. The van der Waals surface area contributed by atoms with E-state index in [-0.39, 0.29) is 0 Å². The van der Waals surface area contributed by atoms with E-state index >= 15 is 0 Å². The van der Waals surface area contributed by atoms with Crippen LogP contribution < -0.4 is 0 Å².